The van der Waals surface area contributed by atoms with Gasteiger partial charge in [-0.1, -0.05) is 0 Å². The number of hydrogen-bond acceptors (Lipinski definition) is 2. The predicted molar refractivity (Wildman–Crippen MR) is 84.7 cm³/mol. The molecular weight excluding hydrogens is 286 g/mol. The van der Waals surface area contributed by atoms with Gasteiger partial charge in [0.1, 0.15) is 0 Å². The minimum atomic E-state index is 0. The number of nitrogens with zero attached hydrogens (tertiary/aromatic N) is 2. The second-order valence-electron chi connectivity index (χ2n) is 5.71. The van der Waals surface area contributed by atoms with Gasteiger partial charge < -0.3 is 23.6 Å². The average molecular weight is 322 g/mol. The molecule has 0 fully saturated rings. The van der Waals surface area contributed by atoms with Crippen molar-refractivity contribution in [3.05, 3.63) is 13.8 Å². The molecule has 112 valence electrons. The fourth-order valence-electron chi connectivity index (χ4n) is 1.80. The first-order valence-electron chi connectivity index (χ1n) is 7.32. The Morgan fingerprint density at radius 3 is 1.21 bits per heavy atom. The summed E-state index contributed by atoms with van der Waals surface area (Å²) < 4.78 is 0. The minimum absolute atomic E-state index is 0. The molecule has 0 aromatic heterocycles. The number of rotatable bonds is 7. The van der Waals surface area contributed by atoms with Gasteiger partial charge in [-0.2, -0.15) is 12.8 Å². The molecule has 0 amide bonds. The van der Waals surface area contributed by atoms with Crippen molar-refractivity contribution < 1.29 is 19.5 Å². The van der Waals surface area contributed by atoms with Crippen molar-refractivity contribution in [2.75, 3.05) is 20.1 Å². The van der Waals surface area contributed by atoms with Crippen LogP contribution in [0.2, 0.25) is 0 Å². The monoisotopic (exact) mass is 320 g/mol. The third kappa shape index (κ3) is 14.8. The molecule has 0 aliphatic carbocycles. The maximum Gasteiger partial charge on any atom is 2.00 e. The molecule has 3 heteroatoms. The Kier molecular flexibility index (Phi) is 19.3. The molecule has 0 rings (SSSR count). The Labute approximate surface area is 136 Å². The molecule has 0 aromatic carbocycles. The van der Waals surface area contributed by atoms with E-state index in [2.05, 4.69) is 72.2 Å². The summed E-state index contributed by atoms with van der Waals surface area (Å²) in [5.41, 5.74) is 0. The average Bonchev–Trinajstić information content (AvgIpc) is 2.26. The first-order valence-corrected chi connectivity index (χ1v) is 7.32. The predicted octanol–water partition coefficient (Wildman–Crippen LogP) is 3.88. The molecule has 2 nitrogen and oxygen atoms in total. The molecule has 0 aliphatic heterocycles. The van der Waals surface area contributed by atoms with Crippen LogP contribution in [-0.4, -0.2) is 48.1 Å². The van der Waals surface area contributed by atoms with Crippen molar-refractivity contribution >= 4 is 0 Å². The van der Waals surface area contributed by atoms with E-state index in [1.807, 2.05) is 0 Å². The van der Waals surface area contributed by atoms with Crippen molar-refractivity contribution in [2.45, 2.75) is 72.5 Å². The summed E-state index contributed by atoms with van der Waals surface area (Å²) >= 11 is 0. The van der Waals surface area contributed by atoms with Gasteiger partial charge in [-0.3, -0.25) is 0 Å². The summed E-state index contributed by atoms with van der Waals surface area (Å²) in [6, 6.07) is 1.97. The Hall–Kier alpha value is 0.543. The van der Waals surface area contributed by atoms with E-state index in [0.717, 1.165) is 25.9 Å². The quantitative estimate of drug-likeness (QED) is 0.518. The third-order valence-electron chi connectivity index (χ3n) is 3.14. The fraction of sp³-hybridized carbons (Fsp3) is 0.875. The SMILES string of the molecule is [CH2-]CCN(C(C)C)C(C)C.[CH2-]CCN(C)C(C)C.[Zn+2]. The molecular formula is C16H36N2Zn. The van der Waals surface area contributed by atoms with Crippen LogP contribution in [0.15, 0.2) is 0 Å². The molecule has 0 saturated heterocycles. The Morgan fingerprint density at radius 1 is 0.737 bits per heavy atom. The van der Waals surface area contributed by atoms with Gasteiger partial charge in [-0.15, -0.1) is 0 Å². The van der Waals surface area contributed by atoms with Gasteiger partial charge >= 0.3 is 19.5 Å². The summed E-state index contributed by atoms with van der Waals surface area (Å²) in [4.78, 5) is 4.74. The van der Waals surface area contributed by atoms with Gasteiger partial charge in [0, 0.05) is 18.1 Å². The van der Waals surface area contributed by atoms with Crippen LogP contribution < -0.4 is 0 Å². The largest absolute Gasteiger partial charge is 2.00 e. The third-order valence-corrected chi connectivity index (χ3v) is 3.14. The van der Waals surface area contributed by atoms with Gasteiger partial charge in [0.05, 0.1) is 0 Å². The summed E-state index contributed by atoms with van der Waals surface area (Å²) in [5.74, 6) is 0. The van der Waals surface area contributed by atoms with E-state index in [0.29, 0.717) is 18.1 Å². The van der Waals surface area contributed by atoms with E-state index in [-0.39, 0.29) is 19.5 Å². The van der Waals surface area contributed by atoms with Crippen molar-refractivity contribution in [2.24, 2.45) is 0 Å². The molecule has 0 saturated carbocycles. The fourth-order valence-corrected chi connectivity index (χ4v) is 1.80. The van der Waals surface area contributed by atoms with E-state index in [9.17, 15) is 0 Å². The second kappa shape index (κ2) is 14.9. The topological polar surface area (TPSA) is 6.48 Å². The maximum atomic E-state index is 3.85. The molecule has 19 heavy (non-hydrogen) atoms. The van der Waals surface area contributed by atoms with Gasteiger partial charge in [-0.05, 0) is 61.7 Å². The van der Waals surface area contributed by atoms with Gasteiger partial charge in [-0.25, -0.2) is 0 Å². The summed E-state index contributed by atoms with van der Waals surface area (Å²) in [6.07, 6.45) is 2.02. The Balaban J connectivity index is -0.000000262. The standard InChI is InChI=1S/C9H20N.C7H16N.Zn/c1-6-7-10(8(2)3)9(4)5;1-5-6-8(4)7(2)3;/h8-9H,1,6-7H2,2-5H3;7H,1,5-6H2,2-4H3;/q2*-1;+2. The van der Waals surface area contributed by atoms with Gasteiger partial charge in [0.25, 0.3) is 0 Å². The van der Waals surface area contributed by atoms with E-state index >= 15 is 0 Å². The van der Waals surface area contributed by atoms with Crippen LogP contribution in [-0.2, 0) is 19.5 Å². The van der Waals surface area contributed by atoms with Crippen LogP contribution in [0, 0.1) is 13.8 Å². The van der Waals surface area contributed by atoms with E-state index < -0.39 is 0 Å². The summed E-state index contributed by atoms with van der Waals surface area (Å²) in [6.45, 7) is 23.2. The Bertz CT molecular complexity index is 162. The second-order valence-corrected chi connectivity index (χ2v) is 5.71. The van der Waals surface area contributed by atoms with E-state index in [1.165, 1.54) is 0 Å². The van der Waals surface area contributed by atoms with Crippen LogP contribution in [0.25, 0.3) is 0 Å². The van der Waals surface area contributed by atoms with E-state index in [1.54, 1.807) is 0 Å². The van der Waals surface area contributed by atoms with Crippen LogP contribution >= 0.6 is 0 Å². The molecule has 0 N–H and O–H groups in total. The number of hydrogen-bond donors (Lipinski definition) is 0. The van der Waals surface area contributed by atoms with Gasteiger partial charge in [0.2, 0.25) is 0 Å². The first-order chi connectivity index (χ1) is 8.27. The van der Waals surface area contributed by atoms with Gasteiger partial charge in [0.15, 0.2) is 0 Å². The molecule has 0 unspecified atom stereocenters. The molecule has 0 aromatic rings. The first kappa shape index (κ1) is 24.6. The van der Waals surface area contributed by atoms with Crippen molar-refractivity contribution in [3.63, 3.8) is 0 Å². The maximum absolute atomic E-state index is 3.85. The van der Waals surface area contributed by atoms with Crippen molar-refractivity contribution in [1.29, 1.82) is 0 Å². The molecule has 0 spiro atoms. The molecule has 0 aliphatic rings. The smallest absolute Gasteiger partial charge is 0.342 e. The zero-order valence-corrected chi connectivity index (χ0v) is 17.5. The zero-order chi connectivity index (χ0) is 14.7. The molecule has 0 radical (unpaired) electrons. The normalized spacial score (nSPS) is 11.1. The van der Waals surface area contributed by atoms with Crippen LogP contribution in [0.5, 0.6) is 0 Å². The molecule has 0 heterocycles. The van der Waals surface area contributed by atoms with Crippen molar-refractivity contribution in [1.82, 2.24) is 9.80 Å². The summed E-state index contributed by atoms with van der Waals surface area (Å²) in [5, 5.41) is 0. The minimum Gasteiger partial charge on any atom is -0.342 e. The molecule has 0 bridgehead atoms. The van der Waals surface area contributed by atoms with Crippen molar-refractivity contribution in [3.8, 4) is 0 Å². The van der Waals surface area contributed by atoms with Crippen LogP contribution in [0.3, 0.4) is 0 Å². The van der Waals surface area contributed by atoms with E-state index in [4.69, 9.17) is 0 Å². The summed E-state index contributed by atoms with van der Waals surface area (Å²) in [7, 11) is 2.12. The Morgan fingerprint density at radius 2 is 1.11 bits per heavy atom. The van der Waals surface area contributed by atoms with Crippen LogP contribution in [0.4, 0.5) is 0 Å². The molecule has 0 atom stereocenters. The zero-order valence-electron chi connectivity index (χ0n) is 14.6. The van der Waals surface area contributed by atoms with Crippen LogP contribution in [0.1, 0.15) is 54.4 Å².